The van der Waals surface area contributed by atoms with Crippen LogP contribution in [0.3, 0.4) is 0 Å². The van der Waals surface area contributed by atoms with Crippen LogP contribution in [0.5, 0.6) is 0 Å². The van der Waals surface area contributed by atoms with Crippen molar-refractivity contribution in [1.29, 1.82) is 0 Å². The molecule has 0 aliphatic heterocycles. The van der Waals surface area contributed by atoms with Gasteiger partial charge in [0.1, 0.15) is 6.10 Å². The molecule has 1 aromatic rings. The number of nitrogens with zero attached hydrogens (tertiary/aromatic N) is 1. The maximum absolute atomic E-state index is 13.0. The van der Waals surface area contributed by atoms with Crippen LogP contribution in [0.1, 0.15) is 83.0 Å². The lowest BCUT2D eigenvalue weighted by Gasteiger charge is -2.61. The Morgan fingerprint density at radius 1 is 0.973 bits per heavy atom. The number of esters is 1. The van der Waals surface area contributed by atoms with Crippen LogP contribution in [0.25, 0.3) is 0 Å². The van der Waals surface area contributed by atoms with E-state index in [1.807, 2.05) is 30.3 Å². The number of hydrogen-bond acceptors (Lipinski definition) is 4. The van der Waals surface area contributed by atoms with E-state index in [0.717, 1.165) is 36.3 Å². The number of carbonyl (C=O) groups is 2. The number of rotatable bonds is 5. The molecule has 0 radical (unpaired) electrons. The molecule has 9 atom stereocenters. The minimum absolute atomic E-state index is 0.0799. The van der Waals surface area contributed by atoms with Crippen LogP contribution in [0.2, 0.25) is 0 Å². The molecule has 5 rings (SSSR count). The SMILES string of the molecule is CC(=O)O[C@H]1C(NC(=O)c2ccccc2)=CC[C@]2(C)[C@H]3CC[C@]4(C)[C@@H]([C@H](C)N(C)C)CC[C@H]4[C@@H]3CC[C@@H]12. The van der Waals surface area contributed by atoms with Crippen molar-refractivity contribution in [3.8, 4) is 0 Å². The van der Waals surface area contributed by atoms with Crippen LogP contribution >= 0.6 is 0 Å². The van der Waals surface area contributed by atoms with Gasteiger partial charge in [-0.1, -0.05) is 38.1 Å². The topological polar surface area (TPSA) is 58.6 Å². The van der Waals surface area contributed by atoms with Crippen molar-refractivity contribution in [2.45, 2.75) is 84.8 Å². The molecule has 5 nitrogen and oxygen atoms in total. The predicted octanol–water partition coefficient (Wildman–Crippen LogP) is 6.06. The summed E-state index contributed by atoms with van der Waals surface area (Å²) in [6, 6.07) is 9.90. The van der Waals surface area contributed by atoms with Gasteiger partial charge in [-0.05, 0) is 113 Å². The maximum Gasteiger partial charge on any atom is 0.303 e. The number of ether oxygens (including phenoxy) is 1. The minimum Gasteiger partial charge on any atom is -0.456 e. The summed E-state index contributed by atoms with van der Waals surface area (Å²) in [4.78, 5) is 27.7. The standard InChI is InChI=1S/C32H46N2O3/c1-20(34(5)6)24-14-15-25-23-12-13-27-29(37-21(2)35)28(33-30(36)22-10-8-7-9-11-22)17-19-32(27,4)26(23)16-18-31(24,25)3/h7-11,17,20,23-27,29H,12-16,18-19H2,1-6H3,(H,33,36)/t20-,23-,24+,25-,26-,27-,29+,31+,32+/m0/s1. The fourth-order valence-corrected chi connectivity index (χ4v) is 9.38. The normalized spacial score (nSPS) is 39.6. The summed E-state index contributed by atoms with van der Waals surface area (Å²) in [5, 5.41) is 3.13. The number of nitrogens with one attached hydrogen (secondary N) is 1. The molecule has 0 spiro atoms. The summed E-state index contributed by atoms with van der Waals surface area (Å²) in [5.74, 6) is 2.75. The Morgan fingerprint density at radius 3 is 2.32 bits per heavy atom. The smallest absolute Gasteiger partial charge is 0.303 e. The Hall–Kier alpha value is -2.14. The molecule has 5 heteroatoms. The van der Waals surface area contributed by atoms with E-state index in [0.29, 0.717) is 22.9 Å². The van der Waals surface area contributed by atoms with E-state index in [4.69, 9.17) is 4.74 Å². The van der Waals surface area contributed by atoms with Crippen molar-refractivity contribution < 1.29 is 14.3 Å². The third-order valence-corrected chi connectivity index (χ3v) is 11.4. The summed E-state index contributed by atoms with van der Waals surface area (Å²) in [7, 11) is 4.47. The molecular weight excluding hydrogens is 460 g/mol. The lowest BCUT2D eigenvalue weighted by Crippen LogP contribution is -2.57. The highest BCUT2D eigenvalue weighted by Gasteiger charge is 2.62. The fraction of sp³-hybridized carbons (Fsp3) is 0.688. The molecule has 37 heavy (non-hydrogen) atoms. The van der Waals surface area contributed by atoms with Crippen molar-refractivity contribution in [3.05, 3.63) is 47.7 Å². The second kappa shape index (κ2) is 9.87. The highest BCUT2D eigenvalue weighted by Crippen LogP contribution is 2.67. The quantitative estimate of drug-likeness (QED) is 0.493. The average molecular weight is 507 g/mol. The lowest BCUT2D eigenvalue weighted by molar-refractivity contribution is -0.162. The van der Waals surface area contributed by atoms with E-state index in [1.54, 1.807) is 0 Å². The van der Waals surface area contributed by atoms with Crippen molar-refractivity contribution in [1.82, 2.24) is 10.2 Å². The van der Waals surface area contributed by atoms with E-state index >= 15 is 0 Å². The molecule has 1 amide bonds. The maximum atomic E-state index is 13.0. The Bertz CT molecular complexity index is 1050. The first kappa shape index (κ1) is 26.5. The minimum atomic E-state index is -0.386. The zero-order chi connectivity index (χ0) is 26.5. The Kier molecular flexibility index (Phi) is 7.06. The van der Waals surface area contributed by atoms with E-state index in [-0.39, 0.29) is 29.3 Å². The van der Waals surface area contributed by atoms with Gasteiger partial charge in [0.05, 0.1) is 5.70 Å². The molecule has 3 saturated carbocycles. The first-order valence-corrected chi connectivity index (χ1v) is 14.5. The number of benzene rings is 1. The van der Waals surface area contributed by atoms with Gasteiger partial charge in [-0.15, -0.1) is 0 Å². The highest BCUT2D eigenvalue weighted by atomic mass is 16.5. The highest BCUT2D eigenvalue weighted by molar-refractivity contribution is 5.95. The van der Waals surface area contributed by atoms with Gasteiger partial charge >= 0.3 is 5.97 Å². The third kappa shape index (κ3) is 4.45. The number of amides is 1. The van der Waals surface area contributed by atoms with Crippen LogP contribution in [0, 0.1) is 40.4 Å². The Labute approximate surface area is 223 Å². The van der Waals surface area contributed by atoms with Gasteiger partial charge in [0.25, 0.3) is 5.91 Å². The van der Waals surface area contributed by atoms with Crippen LogP contribution in [-0.2, 0) is 9.53 Å². The second-order valence-electron chi connectivity index (χ2n) is 13.2. The largest absolute Gasteiger partial charge is 0.456 e. The van der Waals surface area contributed by atoms with Crippen LogP contribution in [0.4, 0.5) is 0 Å². The van der Waals surface area contributed by atoms with E-state index in [1.165, 1.54) is 39.0 Å². The molecule has 0 heterocycles. The Balaban J connectivity index is 1.41. The zero-order valence-corrected chi connectivity index (χ0v) is 23.6. The fourth-order valence-electron chi connectivity index (χ4n) is 9.38. The average Bonchev–Trinajstić information content (AvgIpc) is 3.22. The summed E-state index contributed by atoms with van der Waals surface area (Å²) in [6.45, 7) is 8.96. The van der Waals surface area contributed by atoms with Gasteiger partial charge in [0, 0.05) is 24.4 Å². The molecule has 0 bridgehead atoms. The first-order valence-electron chi connectivity index (χ1n) is 14.5. The summed E-state index contributed by atoms with van der Waals surface area (Å²) in [6.07, 6.45) is 10.2. The van der Waals surface area contributed by atoms with Gasteiger partial charge in [-0.2, -0.15) is 0 Å². The molecule has 0 aromatic heterocycles. The Morgan fingerprint density at radius 2 is 1.65 bits per heavy atom. The summed E-state index contributed by atoms with van der Waals surface area (Å²) < 4.78 is 6.01. The van der Waals surface area contributed by atoms with E-state index in [9.17, 15) is 9.59 Å². The molecule has 1 N–H and O–H groups in total. The van der Waals surface area contributed by atoms with Gasteiger partial charge in [0.2, 0.25) is 0 Å². The number of fused-ring (bicyclic) bond motifs is 5. The van der Waals surface area contributed by atoms with Crippen LogP contribution < -0.4 is 5.32 Å². The molecule has 0 unspecified atom stereocenters. The van der Waals surface area contributed by atoms with Crippen molar-refractivity contribution in [2.24, 2.45) is 40.4 Å². The molecule has 0 saturated heterocycles. The molecule has 4 aliphatic carbocycles. The number of hydrogen-bond donors (Lipinski definition) is 1. The molecule has 1 aromatic carbocycles. The zero-order valence-electron chi connectivity index (χ0n) is 23.6. The monoisotopic (exact) mass is 506 g/mol. The van der Waals surface area contributed by atoms with E-state index in [2.05, 4.69) is 51.2 Å². The molecule has 3 fully saturated rings. The van der Waals surface area contributed by atoms with E-state index < -0.39 is 0 Å². The number of carbonyl (C=O) groups excluding carboxylic acids is 2. The summed E-state index contributed by atoms with van der Waals surface area (Å²) in [5.41, 5.74) is 1.89. The summed E-state index contributed by atoms with van der Waals surface area (Å²) >= 11 is 0. The van der Waals surface area contributed by atoms with Crippen LogP contribution in [0.15, 0.2) is 42.1 Å². The number of allylic oxidation sites excluding steroid dienone is 1. The first-order chi connectivity index (χ1) is 17.6. The molecule has 4 aliphatic rings. The molecule has 202 valence electrons. The van der Waals surface area contributed by atoms with Gasteiger partial charge < -0.3 is 15.0 Å². The van der Waals surface area contributed by atoms with Gasteiger partial charge in [0.15, 0.2) is 0 Å². The molecular formula is C32H46N2O3. The second-order valence-corrected chi connectivity index (χ2v) is 13.2. The van der Waals surface area contributed by atoms with Crippen molar-refractivity contribution >= 4 is 11.9 Å². The van der Waals surface area contributed by atoms with Crippen molar-refractivity contribution in [2.75, 3.05) is 14.1 Å². The van der Waals surface area contributed by atoms with Crippen LogP contribution in [-0.4, -0.2) is 43.0 Å². The van der Waals surface area contributed by atoms with Gasteiger partial charge in [-0.3, -0.25) is 9.59 Å². The van der Waals surface area contributed by atoms with Crippen molar-refractivity contribution in [3.63, 3.8) is 0 Å². The third-order valence-electron chi connectivity index (χ3n) is 11.4. The predicted molar refractivity (Wildman–Crippen MR) is 147 cm³/mol. The lowest BCUT2D eigenvalue weighted by atomic mass is 9.44. The van der Waals surface area contributed by atoms with Gasteiger partial charge in [-0.25, -0.2) is 0 Å².